The van der Waals surface area contributed by atoms with Crippen molar-refractivity contribution >= 4 is 24.1 Å². The lowest BCUT2D eigenvalue weighted by atomic mass is 10.4. The highest BCUT2D eigenvalue weighted by atomic mass is 35.5. The predicted octanol–water partition coefficient (Wildman–Crippen LogP) is 0.889. The fourth-order valence-electron chi connectivity index (χ4n) is 1.64. The number of ether oxygens (including phenoxy) is 1. The second kappa shape index (κ2) is 8.14. The molecule has 0 bridgehead atoms. The van der Waals surface area contributed by atoms with Crippen molar-refractivity contribution in [2.24, 2.45) is 5.92 Å². The van der Waals surface area contributed by atoms with Gasteiger partial charge in [-0.3, -0.25) is 9.48 Å². The number of carbonyl (C=O) groups is 1. The van der Waals surface area contributed by atoms with Crippen molar-refractivity contribution in [1.29, 1.82) is 0 Å². The van der Waals surface area contributed by atoms with Gasteiger partial charge in [0.2, 0.25) is 5.91 Å². The van der Waals surface area contributed by atoms with Crippen LogP contribution in [-0.2, 0) is 16.1 Å². The highest BCUT2D eigenvalue weighted by Crippen LogP contribution is 2.27. The Hall–Kier alpha value is -1.11. The van der Waals surface area contributed by atoms with Gasteiger partial charge in [-0.15, -0.1) is 12.4 Å². The van der Waals surface area contributed by atoms with Crippen LogP contribution in [0.2, 0.25) is 0 Å². The second-order valence-corrected chi connectivity index (χ2v) is 4.58. The van der Waals surface area contributed by atoms with Crippen LogP contribution in [0, 0.1) is 5.92 Å². The summed E-state index contributed by atoms with van der Waals surface area (Å²) in [4.78, 5) is 11.6. The van der Waals surface area contributed by atoms with E-state index in [0.717, 1.165) is 12.5 Å². The first kappa shape index (κ1) is 15.9. The predicted molar refractivity (Wildman–Crippen MR) is 75.6 cm³/mol. The molecule has 1 saturated carbocycles. The zero-order valence-corrected chi connectivity index (χ0v) is 11.9. The molecule has 19 heavy (non-hydrogen) atoms. The molecule has 108 valence electrons. The maximum Gasteiger partial charge on any atom is 0.239 e. The SMILES string of the molecule is COCCn1ccc(NC(=O)CNCC2CC2)n1.Cl. The summed E-state index contributed by atoms with van der Waals surface area (Å²) < 4.78 is 6.71. The van der Waals surface area contributed by atoms with E-state index in [1.165, 1.54) is 12.8 Å². The van der Waals surface area contributed by atoms with E-state index in [2.05, 4.69) is 15.7 Å². The van der Waals surface area contributed by atoms with Gasteiger partial charge in [0, 0.05) is 19.4 Å². The number of nitrogens with one attached hydrogen (secondary N) is 2. The largest absolute Gasteiger partial charge is 0.383 e. The van der Waals surface area contributed by atoms with Gasteiger partial charge in [-0.25, -0.2) is 0 Å². The molecule has 2 N–H and O–H groups in total. The fraction of sp³-hybridized carbons (Fsp3) is 0.667. The van der Waals surface area contributed by atoms with Gasteiger partial charge in [0.1, 0.15) is 0 Å². The van der Waals surface area contributed by atoms with E-state index in [9.17, 15) is 4.79 Å². The summed E-state index contributed by atoms with van der Waals surface area (Å²) in [5.41, 5.74) is 0. The van der Waals surface area contributed by atoms with Gasteiger partial charge in [0.15, 0.2) is 5.82 Å². The number of halogens is 1. The van der Waals surface area contributed by atoms with Crippen LogP contribution in [0.25, 0.3) is 0 Å². The van der Waals surface area contributed by atoms with E-state index in [0.29, 0.717) is 25.5 Å². The normalized spacial score (nSPS) is 13.9. The first-order chi connectivity index (χ1) is 8.78. The van der Waals surface area contributed by atoms with Crippen molar-refractivity contribution in [2.75, 3.05) is 32.1 Å². The molecule has 1 heterocycles. The molecule has 1 aliphatic carbocycles. The smallest absolute Gasteiger partial charge is 0.239 e. The number of amides is 1. The highest BCUT2D eigenvalue weighted by molar-refractivity contribution is 5.91. The molecular formula is C12H21ClN4O2. The minimum absolute atomic E-state index is 0. The standard InChI is InChI=1S/C12H20N4O2.ClH/c1-18-7-6-16-5-4-11(15-16)14-12(17)9-13-8-10-2-3-10;/h4-5,10,13H,2-3,6-9H2,1H3,(H,14,15,17);1H. The van der Waals surface area contributed by atoms with Crippen LogP contribution >= 0.6 is 12.4 Å². The van der Waals surface area contributed by atoms with Gasteiger partial charge in [0.05, 0.1) is 19.7 Å². The minimum Gasteiger partial charge on any atom is -0.383 e. The quantitative estimate of drug-likeness (QED) is 0.745. The lowest BCUT2D eigenvalue weighted by molar-refractivity contribution is -0.115. The van der Waals surface area contributed by atoms with Gasteiger partial charge >= 0.3 is 0 Å². The van der Waals surface area contributed by atoms with Crippen LogP contribution < -0.4 is 10.6 Å². The Bertz CT molecular complexity index is 393. The molecule has 1 aromatic heterocycles. The van der Waals surface area contributed by atoms with Crippen molar-refractivity contribution in [1.82, 2.24) is 15.1 Å². The molecule has 7 heteroatoms. The molecule has 0 saturated heterocycles. The molecule has 0 aromatic carbocycles. The molecule has 1 aromatic rings. The number of hydrogen-bond donors (Lipinski definition) is 2. The van der Waals surface area contributed by atoms with Crippen molar-refractivity contribution in [3.05, 3.63) is 12.3 Å². The summed E-state index contributed by atoms with van der Waals surface area (Å²) in [6.45, 7) is 2.58. The summed E-state index contributed by atoms with van der Waals surface area (Å²) in [5.74, 6) is 1.32. The van der Waals surface area contributed by atoms with Crippen molar-refractivity contribution in [3.8, 4) is 0 Å². The second-order valence-electron chi connectivity index (χ2n) is 4.58. The highest BCUT2D eigenvalue weighted by Gasteiger charge is 2.20. The lowest BCUT2D eigenvalue weighted by Gasteiger charge is -2.03. The van der Waals surface area contributed by atoms with Crippen LogP contribution in [0.15, 0.2) is 12.3 Å². The van der Waals surface area contributed by atoms with E-state index in [1.807, 2.05) is 6.20 Å². The van der Waals surface area contributed by atoms with Crippen molar-refractivity contribution in [2.45, 2.75) is 19.4 Å². The van der Waals surface area contributed by atoms with Gasteiger partial charge in [-0.1, -0.05) is 0 Å². The molecule has 2 rings (SSSR count). The summed E-state index contributed by atoms with van der Waals surface area (Å²) in [6.07, 6.45) is 4.41. The zero-order chi connectivity index (χ0) is 12.8. The molecule has 1 amide bonds. The molecule has 0 atom stereocenters. The third-order valence-electron chi connectivity index (χ3n) is 2.85. The third kappa shape index (κ3) is 6.04. The lowest BCUT2D eigenvalue weighted by Crippen LogP contribution is -2.29. The Kier molecular flexibility index (Phi) is 6.83. The number of nitrogens with zero attached hydrogens (tertiary/aromatic N) is 2. The Morgan fingerprint density at radius 3 is 3.05 bits per heavy atom. The summed E-state index contributed by atoms with van der Waals surface area (Å²) in [5, 5.41) is 10.1. The molecule has 0 unspecified atom stereocenters. The Labute approximate surface area is 119 Å². The minimum atomic E-state index is -0.0485. The average Bonchev–Trinajstić information content (AvgIpc) is 3.06. The van der Waals surface area contributed by atoms with Crippen molar-refractivity contribution in [3.63, 3.8) is 0 Å². The maximum absolute atomic E-state index is 11.6. The number of aromatic nitrogens is 2. The molecule has 0 radical (unpaired) electrons. The summed E-state index contributed by atoms with van der Waals surface area (Å²) in [7, 11) is 1.65. The van der Waals surface area contributed by atoms with Crippen LogP contribution in [0.1, 0.15) is 12.8 Å². The van der Waals surface area contributed by atoms with Gasteiger partial charge in [-0.2, -0.15) is 5.10 Å². The molecule has 0 aliphatic heterocycles. The first-order valence-corrected chi connectivity index (χ1v) is 6.31. The zero-order valence-electron chi connectivity index (χ0n) is 11.1. The maximum atomic E-state index is 11.6. The number of rotatable bonds is 8. The monoisotopic (exact) mass is 288 g/mol. The number of carbonyl (C=O) groups excluding carboxylic acids is 1. The van der Waals surface area contributed by atoms with E-state index in [-0.39, 0.29) is 18.3 Å². The molecule has 6 nitrogen and oxygen atoms in total. The van der Waals surface area contributed by atoms with Crippen molar-refractivity contribution < 1.29 is 9.53 Å². The first-order valence-electron chi connectivity index (χ1n) is 6.31. The van der Waals surface area contributed by atoms with Gasteiger partial charge in [0.25, 0.3) is 0 Å². The van der Waals surface area contributed by atoms with Crippen LogP contribution in [0.4, 0.5) is 5.82 Å². The van der Waals surface area contributed by atoms with Crippen LogP contribution in [0.3, 0.4) is 0 Å². The van der Waals surface area contributed by atoms with Gasteiger partial charge in [-0.05, 0) is 25.3 Å². The topological polar surface area (TPSA) is 68.2 Å². The third-order valence-corrected chi connectivity index (χ3v) is 2.85. The Morgan fingerprint density at radius 2 is 2.37 bits per heavy atom. The number of methoxy groups -OCH3 is 1. The Morgan fingerprint density at radius 1 is 1.58 bits per heavy atom. The van der Waals surface area contributed by atoms with Crippen LogP contribution in [0.5, 0.6) is 0 Å². The van der Waals surface area contributed by atoms with E-state index < -0.39 is 0 Å². The average molecular weight is 289 g/mol. The van der Waals surface area contributed by atoms with E-state index in [4.69, 9.17) is 4.74 Å². The fourth-order valence-corrected chi connectivity index (χ4v) is 1.64. The molecule has 1 fully saturated rings. The number of hydrogen-bond acceptors (Lipinski definition) is 4. The number of anilines is 1. The molecular weight excluding hydrogens is 268 g/mol. The summed E-state index contributed by atoms with van der Waals surface area (Å²) >= 11 is 0. The van der Waals surface area contributed by atoms with E-state index >= 15 is 0 Å². The summed E-state index contributed by atoms with van der Waals surface area (Å²) in [6, 6.07) is 1.79. The van der Waals surface area contributed by atoms with Crippen LogP contribution in [-0.4, -0.2) is 42.5 Å². The molecule has 1 aliphatic rings. The molecule has 0 spiro atoms. The Balaban J connectivity index is 0.00000180. The van der Waals surface area contributed by atoms with E-state index in [1.54, 1.807) is 17.9 Å². The van der Waals surface area contributed by atoms with Gasteiger partial charge < -0.3 is 15.4 Å².